The molecule has 0 spiro atoms. The van der Waals surface area contributed by atoms with E-state index >= 15 is 0 Å². The molecule has 0 bridgehead atoms. The second-order valence-corrected chi connectivity index (χ2v) is 6.04. The van der Waals surface area contributed by atoms with Crippen LogP contribution in [0.2, 0.25) is 0 Å². The van der Waals surface area contributed by atoms with Crippen LogP contribution in [-0.4, -0.2) is 53.6 Å². The summed E-state index contributed by atoms with van der Waals surface area (Å²) in [6, 6.07) is 8.63. The van der Waals surface area contributed by atoms with Gasteiger partial charge in [0.05, 0.1) is 32.0 Å². The van der Waals surface area contributed by atoms with Crippen molar-refractivity contribution in [3.63, 3.8) is 0 Å². The number of ether oxygens (including phenoxy) is 3. The summed E-state index contributed by atoms with van der Waals surface area (Å²) in [6.45, 7) is 3.04. The summed E-state index contributed by atoms with van der Waals surface area (Å²) in [7, 11) is 0. The van der Waals surface area contributed by atoms with Crippen molar-refractivity contribution in [2.45, 2.75) is 50.6 Å². The Labute approximate surface area is 140 Å². The van der Waals surface area contributed by atoms with E-state index in [0.717, 1.165) is 5.56 Å². The molecule has 2 N–H and O–H groups in total. The molecule has 0 aliphatic carbocycles. The molecule has 1 heterocycles. The highest BCUT2D eigenvalue weighted by Crippen LogP contribution is 2.32. The maximum absolute atomic E-state index is 9.57. The van der Waals surface area contributed by atoms with E-state index in [1.165, 1.54) is 0 Å². The zero-order valence-corrected chi connectivity index (χ0v) is 13.8. The molecule has 8 heteroatoms. The van der Waals surface area contributed by atoms with Gasteiger partial charge in [-0.1, -0.05) is 35.4 Å². The second kappa shape index (κ2) is 8.43. The highest BCUT2D eigenvalue weighted by atomic mass is 16.8. The number of nitrogens with zero attached hydrogens (tertiary/aromatic N) is 3. The molecule has 24 heavy (non-hydrogen) atoms. The lowest BCUT2D eigenvalue weighted by Crippen LogP contribution is -2.46. The van der Waals surface area contributed by atoms with Crippen LogP contribution in [0.3, 0.4) is 0 Å². The van der Waals surface area contributed by atoms with E-state index in [4.69, 9.17) is 19.7 Å². The number of hydrogen-bond acceptors (Lipinski definition) is 6. The predicted molar refractivity (Wildman–Crippen MR) is 85.9 cm³/mol. The third-order valence-corrected chi connectivity index (χ3v) is 3.78. The van der Waals surface area contributed by atoms with Crippen molar-refractivity contribution in [2.24, 2.45) is 5.11 Å². The van der Waals surface area contributed by atoms with E-state index in [9.17, 15) is 10.2 Å². The molecule has 1 saturated heterocycles. The molecule has 1 aliphatic rings. The van der Waals surface area contributed by atoms with Crippen molar-refractivity contribution in [3.8, 4) is 0 Å². The van der Waals surface area contributed by atoms with Gasteiger partial charge in [-0.25, -0.2) is 0 Å². The summed E-state index contributed by atoms with van der Waals surface area (Å²) in [5, 5.41) is 22.7. The molecular formula is C16H23N3O5. The standard InChI is InChI=1S/C16H23N3O5/c1-16(2)23-13(9-21)15(24-16)14(12(8-20)18-19-17)22-10-11-6-4-3-5-7-11/h3-7,12-15,20-21H,8-10H2,1-2H3/t12-,13+,14-,15+/m1/s1. The lowest BCUT2D eigenvalue weighted by atomic mass is 10.0. The second-order valence-electron chi connectivity index (χ2n) is 6.04. The Hall–Kier alpha value is -1.67. The molecular weight excluding hydrogens is 314 g/mol. The maximum atomic E-state index is 9.57. The Bertz CT molecular complexity index is 562. The quantitative estimate of drug-likeness (QED) is 0.426. The number of aliphatic hydroxyl groups is 2. The first-order valence-corrected chi connectivity index (χ1v) is 7.78. The fourth-order valence-electron chi connectivity index (χ4n) is 2.75. The minimum atomic E-state index is -0.900. The topological polar surface area (TPSA) is 117 Å². The highest BCUT2D eigenvalue weighted by Gasteiger charge is 2.47. The number of benzene rings is 1. The number of rotatable bonds is 8. The third-order valence-electron chi connectivity index (χ3n) is 3.78. The van der Waals surface area contributed by atoms with Crippen molar-refractivity contribution in [3.05, 3.63) is 46.3 Å². The first kappa shape index (κ1) is 18.7. The number of azide groups is 1. The molecule has 1 aromatic rings. The van der Waals surface area contributed by atoms with Crippen LogP contribution in [0.15, 0.2) is 35.4 Å². The van der Waals surface area contributed by atoms with Crippen LogP contribution in [0.1, 0.15) is 19.4 Å². The molecule has 1 aliphatic heterocycles. The van der Waals surface area contributed by atoms with Crippen molar-refractivity contribution in [2.75, 3.05) is 13.2 Å². The molecule has 132 valence electrons. The van der Waals surface area contributed by atoms with Gasteiger partial charge in [0.25, 0.3) is 0 Å². The van der Waals surface area contributed by atoms with Gasteiger partial charge in [0, 0.05) is 4.91 Å². The van der Waals surface area contributed by atoms with Gasteiger partial charge >= 0.3 is 0 Å². The summed E-state index contributed by atoms with van der Waals surface area (Å²) in [4.78, 5) is 2.77. The molecule has 0 aromatic heterocycles. The van der Waals surface area contributed by atoms with Gasteiger partial charge in [0.1, 0.15) is 12.2 Å². The Morgan fingerprint density at radius 2 is 2.00 bits per heavy atom. The highest BCUT2D eigenvalue weighted by molar-refractivity contribution is 5.13. The Kier molecular flexibility index (Phi) is 6.56. The van der Waals surface area contributed by atoms with E-state index in [2.05, 4.69) is 10.0 Å². The Morgan fingerprint density at radius 1 is 1.29 bits per heavy atom. The van der Waals surface area contributed by atoms with Crippen molar-refractivity contribution >= 4 is 0 Å². The van der Waals surface area contributed by atoms with Crippen LogP contribution < -0.4 is 0 Å². The Morgan fingerprint density at radius 3 is 2.58 bits per heavy atom. The summed E-state index contributed by atoms with van der Waals surface area (Å²) in [5.74, 6) is -0.900. The molecule has 1 aromatic carbocycles. The normalized spacial score (nSPS) is 25.0. The lowest BCUT2D eigenvalue weighted by Gasteiger charge is -2.29. The van der Waals surface area contributed by atoms with Crippen LogP contribution in [0, 0.1) is 0 Å². The minimum Gasteiger partial charge on any atom is -0.396 e. The van der Waals surface area contributed by atoms with Gasteiger partial charge in [-0.05, 0) is 24.9 Å². The summed E-state index contributed by atoms with van der Waals surface area (Å²) in [5.41, 5.74) is 9.67. The summed E-state index contributed by atoms with van der Waals surface area (Å²) in [6.07, 6.45) is -2.06. The minimum absolute atomic E-state index is 0.251. The van der Waals surface area contributed by atoms with Gasteiger partial charge in [0.2, 0.25) is 0 Å². The van der Waals surface area contributed by atoms with Crippen LogP contribution in [0.5, 0.6) is 0 Å². The first-order valence-electron chi connectivity index (χ1n) is 7.78. The largest absolute Gasteiger partial charge is 0.396 e. The van der Waals surface area contributed by atoms with Crippen LogP contribution in [-0.2, 0) is 20.8 Å². The van der Waals surface area contributed by atoms with E-state index in [-0.39, 0.29) is 13.2 Å². The zero-order chi connectivity index (χ0) is 17.6. The van der Waals surface area contributed by atoms with Gasteiger partial charge in [-0.3, -0.25) is 0 Å². The molecule has 4 atom stereocenters. The van der Waals surface area contributed by atoms with Gasteiger partial charge in [-0.2, -0.15) is 0 Å². The fraction of sp³-hybridized carbons (Fsp3) is 0.625. The van der Waals surface area contributed by atoms with Crippen LogP contribution in [0.25, 0.3) is 10.4 Å². The molecule has 0 saturated carbocycles. The zero-order valence-electron chi connectivity index (χ0n) is 13.8. The predicted octanol–water partition coefficient (Wildman–Crippen LogP) is 1.76. The van der Waals surface area contributed by atoms with E-state index in [1.807, 2.05) is 30.3 Å². The SMILES string of the molecule is CC1(C)O[C@H]([C@H](OCc2ccccc2)[C@@H](CO)N=[N+]=[N-])[C@H](CO)O1. The van der Waals surface area contributed by atoms with Crippen molar-refractivity contribution in [1.29, 1.82) is 0 Å². The van der Waals surface area contributed by atoms with E-state index in [0.29, 0.717) is 0 Å². The molecule has 2 rings (SSSR count). The first-order chi connectivity index (χ1) is 11.5. The molecule has 0 unspecified atom stereocenters. The van der Waals surface area contributed by atoms with Gasteiger partial charge < -0.3 is 24.4 Å². The van der Waals surface area contributed by atoms with Crippen molar-refractivity contribution in [1.82, 2.24) is 0 Å². The van der Waals surface area contributed by atoms with Gasteiger partial charge in [-0.15, -0.1) is 0 Å². The fourth-order valence-corrected chi connectivity index (χ4v) is 2.75. The smallest absolute Gasteiger partial charge is 0.164 e. The Balaban J connectivity index is 2.20. The van der Waals surface area contributed by atoms with Crippen LogP contribution >= 0.6 is 0 Å². The monoisotopic (exact) mass is 337 g/mol. The average Bonchev–Trinajstić information content (AvgIpc) is 2.89. The molecule has 1 fully saturated rings. The summed E-state index contributed by atoms with van der Waals surface area (Å²) >= 11 is 0. The maximum Gasteiger partial charge on any atom is 0.164 e. The molecule has 0 amide bonds. The molecule has 8 nitrogen and oxygen atoms in total. The van der Waals surface area contributed by atoms with Crippen LogP contribution in [0.4, 0.5) is 0 Å². The average molecular weight is 337 g/mol. The van der Waals surface area contributed by atoms with E-state index < -0.39 is 36.7 Å². The third kappa shape index (κ3) is 4.67. The van der Waals surface area contributed by atoms with Crippen molar-refractivity contribution < 1.29 is 24.4 Å². The lowest BCUT2D eigenvalue weighted by molar-refractivity contribution is -0.164. The molecule has 0 radical (unpaired) electrons. The number of aliphatic hydroxyl groups excluding tert-OH is 2. The summed E-state index contributed by atoms with van der Waals surface area (Å²) < 4.78 is 17.4. The van der Waals surface area contributed by atoms with Gasteiger partial charge in [0.15, 0.2) is 5.79 Å². The van der Waals surface area contributed by atoms with E-state index in [1.54, 1.807) is 13.8 Å². The number of hydrogen-bond donors (Lipinski definition) is 2.